The number of hydrogen-bond acceptors (Lipinski definition) is 4. The molecule has 5 heteroatoms. The summed E-state index contributed by atoms with van der Waals surface area (Å²) < 4.78 is 1.86. The average molecular weight is 236 g/mol. The highest BCUT2D eigenvalue weighted by Gasteiger charge is 2.09. The van der Waals surface area contributed by atoms with Gasteiger partial charge in [-0.1, -0.05) is 5.21 Å². The van der Waals surface area contributed by atoms with Crippen LogP contribution in [0.15, 0.2) is 12.3 Å². The first-order valence-electron chi connectivity index (χ1n) is 5.38. The molecule has 16 heavy (non-hydrogen) atoms. The first-order valence-corrected chi connectivity index (χ1v) is 6.20. The number of thiophene rings is 1. The third kappa shape index (κ3) is 2.31. The Morgan fingerprint density at radius 3 is 2.88 bits per heavy atom. The molecule has 2 rings (SSSR count). The summed E-state index contributed by atoms with van der Waals surface area (Å²) in [6.07, 6.45) is 2.93. The fourth-order valence-corrected chi connectivity index (χ4v) is 2.60. The number of aromatic nitrogens is 3. The zero-order valence-corrected chi connectivity index (χ0v) is 10.4. The van der Waals surface area contributed by atoms with E-state index in [1.54, 1.807) is 11.3 Å². The van der Waals surface area contributed by atoms with Gasteiger partial charge in [-0.3, -0.25) is 4.68 Å². The minimum Gasteiger partial charge on any atom is -0.330 e. The van der Waals surface area contributed by atoms with Gasteiger partial charge in [0.25, 0.3) is 0 Å². The van der Waals surface area contributed by atoms with Crippen molar-refractivity contribution in [3.63, 3.8) is 0 Å². The van der Waals surface area contributed by atoms with E-state index in [4.69, 9.17) is 5.73 Å². The first kappa shape index (κ1) is 11.3. The lowest BCUT2D eigenvalue weighted by Gasteiger charge is -1.95. The molecule has 2 heterocycles. The van der Waals surface area contributed by atoms with Gasteiger partial charge >= 0.3 is 0 Å². The van der Waals surface area contributed by atoms with Crippen molar-refractivity contribution < 1.29 is 0 Å². The second-order valence-corrected chi connectivity index (χ2v) is 5.30. The molecule has 0 saturated carbocycles. The van der Waals surface area contributed by atoms with Crippen LogP contribution >= 0.6 is 11.3 Å². The predicted octanol–water partition coefficient (Wildman–Crippen LogP) is 1.97. The molecule has 2 aromatic heterocycles. The highest BCUT2D eigenvalue weighted by molar-refractivity contribution is 7.12. The topological polar surface area (TPSA) is 56.7 Å². The van der Waals surface area contributed by atoms with Crippen molar-refractivity contribution in [2.75, 3.05) is 6.54 Å². The molecule has 0 atom stereocenters. The van der Waals surface area contributed by atoms with Crippen molar-refractivity contribution in [2.45, 2.75) is 26.8 Å². The SMILES string of the molecule is Cc1cc(-c2cn(CCCN)nn2)c(C)s1. The van der Waals surface area contributed by atoms with Crippen molar-refractivity contribution >= 4 is 11.3 Å². The van der Waals surface area contributed by atoms with Crippen LogP contribution in [-0.4, -0.2) is 21.5 Å². The molecular formula is C11H16N4S. The van der Waals surface area contributed by atoms with Gasteiger partial charge in [0.1, 0.15) is 5.69 Å². The molecule has 2 aromatic rings. The lowest BCUT2D eigenvalue weighted by molar-refractivity contribution is 0.564. The summed E-state index contributed by atoms with van der Waals surface area (Å²) in [5, 5.41) is 8.29. The Morgan fingerprint density at radius 1 is 1.44 bits per heavy atom. The molecule has 0 fully saturated rings. The normalized spacial score (nSPS) is 10.9. The van der Waals surface area contributed by atoms with Gasteiger partial charge < -0.3 is 5.73 Å². The van der Waals surface area contributed by atoms with Gasteiger partial charge in [-0.15, -0.1) is 16.4 Å². The van der Waals surface area contributed by atoms with Crippen LogP contribution in [0.2, 0.25) is 0 Å². The molecular weight excluding hydrogens is 220 g/mol. The number of rotatable bonds is 4. The van der Waals surface area contributed by atoms with Gasteiger partial charge in [-0.2, -0.15) is 0 Å². The van der Waals surface area contributed by atoms with Crippen molar-refractivity contribution in [2.24, 2.45) is 5.73 Å². The molecule has 0 bridgehead atoms. The van der Waals surface area contributed by atoms with E-state index in [-0.39, 0.29) is 0 Å². The number of aryl methyl sites for hydroxylation is 3. The average Bonchev–Trinajstić information content (AvgIpc) is 2.82. The molecule has 0 saturated heterocycles. The zero-order valence-electron chi connectivity index (χ0n) is 9.60. The van der Waals surface area contributed by atoms with Crippen LogP contribution in [0.4, 0.5) is 0 Å². The maximum atomic E-state index is 5.46. The molecule has 86 valence electrons. The smallest absolute Gasteiger partial charge is 0.114 e. The van der Waals surface area contributed by atoms with Crippen LogP contribution in [0.5, 0.6) is 0 Å². The van der Waals surface area contributed by atoms with Crippen LogP contribution in [0, 0.1) is 13.8 Å². The van der Waals surface area contributed by atoms with E-state index < -0.39 is 0 Å². The molecule has 0 unspecified atom stereocenters. The van der Waals surface area contributed by atoms with E-state index in [0.29, 0.717) is 6.54 Å². The Bertz CT molecular complexity index is 472. The maximum absolute atomic E-state index is 5.46. The van der Waals surface area contributed by atoms with Gasteiger partial charge in [-0.25, -0.2) is 0 Å². The standard InChI is InChI=1S/C11H16N4S/c1-8-6-10(9(2)16-8)11-7-15(14-13-11)5-3-4-12/h6-7H,3-5,12H2,1-2H3. The number of nitrogens with two attached hydrogens (primary N) is 1. The largest absolute Gasteiger partial charge is 0.330 e. The predicted molar refractivity (Wildman–Crippen MR) is 66.5 cm³/mol. The van der Waals surface area contributed by atoms with Gasteiger partial charge in [0.05, 0.1) is 6.20 Å². The number of hydrogen-bond donors (Lipinski definition) is 1. The molecule has 2 N–H and O–H groups in total. The van der Waals surface area contributed by atoms with Gasteiger partial charge in [0.2, 0.25) is 0 Å². The molecule has 0 amide bonds. The van der Waals surface area contributed by atoms with Crippen LogP contribution < -0.4 is 5.73 Å². The van der Waals surface area contributed by atoms with E-state index in [1.165, 1.54) is 15.3 Å². The van der Waals surface area contributed by atoms with Crippen molar-refractivity contribution in [3.8, 4) is 11.3 Å². The van der Waals surface area contributed by atoms with Crippen molar-refractivity contribution in [1.29, 1.82) is 0 Å². The van der Waals surface area contributed by atoms with Crippen molar-refractivity contribution in [3.05, 3.63) is 22.0 Å². The summed E-state index contributed by atoms with van der Waals surface area (Å²) in [4.78, 5) is 2.60. The maximum Gasteiger partial charge on any atom is 0.114 e. The van der Waals surface area contributed by atoms with Crippen LogP contribution in [0.25, 0.3) is 11.3 Å². The molecule has 0 aromatic carbocycles. The summed E-state index contributed by atoms with van der Waals surface area (Å²) in [5.41, 5.74) is 7.61. The summed E-state index contributed by atoms with van der Waals surface area (Å²) in [6.45, 7) is 5.75. The molecule has 0 aliphatic rings. The fraction of sp³-hybridized carbons (Fsp3) is 0.455. The first-order chi connectivity index (χ1) is 7.70. The Kier molecular flexibility index (Phi) is 3.36. The Balaban J connectivity index is 2.21. The molecule has 0 aliphatic carbocycles. The van der Waals surface area contributed by atoms with E-state index in [2.05, 4.69) is 30.2 Å². The van der Waals surface area contributed by atoms with Gasteiger partial charge in [-0.05, 0) is 32.9 Å². The number of nitrogens with zero attached hydrogens (tertiary/aromatic N) is 3. The summed E-state index contributed by atoms with van der Waals surface area (Å²) in [6, 6.07) is 2.16. The highest BCUT2D eigenvalue weighted by atomic mass is 32.1. The van der Waals surface area contributed by atoms with Crippen LogP contribution in [0.1, 0.15) is 16.2 Å². The molecule has 0 radical (unpaired) electrons. The van der Waals surface area contributed by atoms with E-state index >= 15 is 0 Å². The second kappa shape index (κ2) is 4.76. The third-order valence-corrected chi connectivity index (χ3v) is 3.41. The van der Waals surface area contributed by atoms with Gasteiger partial charge in [0, 0.05) is 21.9 Å². The van der Waals surface area contributed by atoms with E-state index in [0.717, 1.165) is 18.7 Å². The van der Waals surface area contributed by atoms with Crippen molar-refractivity contribution in [1.82, 2.24) is 15.0 Å². The highest BCUT2D eigenvalue weighted by Crippen LogP contribution is 2.28. The summed E-state index contributed by atoms with van der Waals surface area (Å²) in [5.74, 6) is 0. The minimum absolute atomic E-state index is 0.686. The lowest BCUT2D eigenvalue weighted by Crippen LogP contribution is -2.06. The van der Waals surface area contributed by atoms with Crippen LogP contribution in [0.3, 0.4) is 0 Å². The molecule has 4 nitrogen and oxygen atoms in total. The quantitative estimate of drug-likeness (QED) is 0.883. The molecule has 0 spiro atoms. The lowest BCUT2D eigenvalue weighted by atomic mass is 10.2. The summed E-state index contributed by atoms with van der Waals surface area (Å²) in [7, 11) is 0. The third-order valence-electron chi connectivity index (χ3n) is 2.45. The van der Waals surface area contributed by atoms with Crippen LogP contribution in [-0.2, 0) is 6.54 Å². The Labute approximate surface area is 99.1 Å². The van der Waals surface area contributed by atoms with E-state index in [9.17, 15) is 0 Å². The molecule has 0 aliphatic heterocycles. The Hall–Kier alpha value is -1.20. The summed E-state index contributed by atoms with van der Waals surface area (Å²) >= 11 is 1.79. The van der Waals surface area contributed by atoms with E-state index in [1.807, 2.05) is 10.9 Å². The second-order valence-electron chi connectivity index (χ2n) is 3.84. The van der Waals surface area contributed by atoms with Gasteiger partial charge in [0.15, 0.2) is 0 Å². The zero-order chi connectivity index (χ0) is 11.5. The Morgan fingerprint density at radius 2 is 2.25 bits per heavy atom. The monoisotopic (exact) mass is 236 g/mol. The minimum atomic E-state index is 0.686. The fourth-order valence-electron chi connectivity index (χ4n) is 1.67.